The summed E-state index contributed by atoms with van der Waals surface area (Å²) in [5.74, 6) is 0. The number of nitrogens with zero attached hydrogens (tertiary/aromatic N) is 1. The minimum absolute atomic E-state index is 0.384. The van der Waals surface area contributed by atoms with Crippen molar-refractivity contribution < 1.29 is 4.74 Å². The lowest BCUT2D eigenvalue weighted by molar-refractivity contribution is 0.138. The molecule has 0 aromatic heterocycles. The Morgan fingerprint density at radius 2 is 2.31 bits per heavy atom. The Bertz CT molecular complexity index is 348. The first-order valence-corrected chi connectivity index (χ1v) is 5.83. The van der Waals surface area contributed by atoms with E-state index in [-0.39, 0.29) is 0 Å². The Kier molecular flexibility index (Phi) is 3.46. The minimum atomic E-state index is 0.384. The second-order valence-corrected chi connectivity index (χ2v) is 4.53. The van der Waals surface area contributed by atoms with Crippen LogP contribution in [0.2, 0.25) is 0 Å². The Morgan fingerprint density at radius 1 is 1.50 bits per heavy atom. The van der Waals surface area contributed by atoms with Gasteiger partial charge in [0.1, 0.15) is 0 Å². The molecular weight excluding hydrogens is 200 g/mol. The van der Waals surface area contributed by atoms with E-state index in [9.17, 15) is 0 Å². The fourth-order valence-electron chi connectivity index (χ4n) is 2.21. The van der Waals surface area contributed by atoms with Crippen molar-refractivity contribution in [3.8, 4) is 0 Å². The molecule has 1 saturated heterocycles. The molecule has 2 rings (SSSR count). The first-order chi connectivity index (χ1) is 7.68. The molecule has 2 unspecified atom stereocenters. The van der Waals surface area contributed by atoms with Crippen LogP contribution in [0.5, 0.6) is 0 Å². The summed E-state index contributed by atoms with van der Waals surface area (Å²) in [6.07, 6.45) is 1.13. The van der Waals surface area contributed by atoms with Gasteiger partial charge in [-0.2, -0.15) is 0 Å². The van der Waals surface area contributed by atoms with Gasteiger partial charge in [-0.1, -0.05) is 12.1 Å². The minimum Gasteiger partial charge on any atom is -0.399 e. The van der Waals surface area contributed by atoms with Gasteiger partial charge in [-0.15, -0.1) is 0 Å². The van der Waals surface area contributed by atoms with E-state index >= 15 is 0 Å². The van der Waals surface area contributed by atoms with Gasteiger partial charge in [0.25, 0.3) is 0 Å². The normalized spacial score (nSPS) is 22.6. The highest BCUT2D eigenvalue weighted by molar-refractivity contribution is 5.41. The lowest BCUT2D eigenvalue weighted by atomic mass is 10.0. The maximum Gasteiger partial charge on any atom is 0.0622 e. The third-order valence-corrected chi connectivity index (χ3v) is 3.49. The van der Waals surface area contributed by atoms with E-state index < -0.39 is 0 Å². The van der Waals surface area contributed by atoms with Gasteiger partial charge >= 0.3 is 0 Å². The highest BCUT2D eigenvalue weighted by Crippen LogP contribution is 2.25. The number of benzene rings is 1. The summed E-state index contributed by atoms with van der Waals surface area (Å²) in [6.45, 7) is 3.95. The van der Waals surface area contributed by atoms with Gasteiger partial charge < -0.3 is 10.5 Å². The number of hydrogen-bond acceptors (Lipinski definition) is 3. The monoisotopic (exact) mass is 220 g/mol. The maximum atomic E-state index is 5.81. The number of likely N-dealkylation sites (N-methyl/N-ethyl adjacent to an activating group) is 1. The molecule has 1 aliphatic heterocycles. The second kappa shape index (κ2) is 4.85. The smallest absolute Gasteiger partial charge is 0.0622 e. The van der Waals surface area contributed by atoms with E-state index in [4.69, 9.17) is 10.5 Å². The van der Waals surface area contributed by atoms with Crippen molar-refractivity contribution in [2.24, 2.45) is 0 Å². The molecule has 1 aliphatic rings. The molecule has 0 amide bonds. The highest BCUT2D eigenvalue weighted by atomic mass is 16.5. The quantitative estimate of drug-likeness (QED) is 0.792. The molecule has 88 valence electrons. The average molecular weight is 220 g/mol. The van der Waals surface area contributed by atoms with Gasteiger partial charge in [0.15, 0.2) is 0 Å². The highest BCUT2D eigenvalue weighted by Gasteiger charge is 2.24. The van der Waals surface area contributed by atoms with E-state index in [2.05, 4.69) is 31.0 Å². The molecule has 2 atom stereocenters. The number of hydrogen-bond donors (Lipinski definition) is 1. The number of nitrogens with two attached hydrogens (primary N) is 1. The first-order valence-electron chi connectivity index (χ1n) is 5.83. The molecule has 0 saturated carbocycles. The molecule has 2 N–H and O–H groups in total. The molecule has 1 fully saturated rings. The molecule has 0 radical (unpaired) electrons. The van der Waals surface area contributed by atoms with Gasteiger partial charge in [0.2, 0.25) is 0 Å². The lowest BCUT2D eigenvalue weighted by Crippen LogP contribution is -2.34. The Labute approximate surface area is 97.2 Å². The standard InChI is InChI=1S/C13H20N2O/c1-10(11-4-3-5-12(14)8-11)15(2)13-6-7-16-9-13/h3-5,8,10,13H,6-7,9,14H2,1-2H3. The summed E-state index contributed by atoms with van der Waals surface area (Å²) in [5, 5.41) is 0. The fraction of sp³-hybridized carbons (Fsp3) is 0.538. The van der Waals surface area contributed by atoms with Crippen molar-refractivity contribution in [1.82, 2.24) is 4.90 Å². The van der Waals surface area contributed by atoms with Crippen LogP contribution in [0, 0.1) is 0 Å². The van der Waals surface area contributed by atoms with Crippen molar-refractivity contribution in [2.75, 3.05) is 26.0 Å². The van der Waals surface area contributed by atoms with E-state index in [1.165, 1.54) is 5.56 Å². The molecule has 0 spiro atoms. The van der Waals surface area contributed by atoms with Crippen molar-refractivity contribution in [3.05, 3.63) is 29.8 Å². The number of nitrogen functional groups attached to an aromatic ring is 1. The van der Waals surface area contributed by atoms with Gasteiger partial charge in [-0.05, 0) is 38.1 Å². The van der Waals surface area contributed by atoms with Crippen molar-refractivity contribution >= 4 is 5.69 Å². The summed E-state index contributed by atoms with van der Waals surface area (Å²) in [7, 11) is 2.16. The zero-order chi connectivity index (χ0) is 11.5. The zero-order valence-corrected chi connectivity index (χ0v) is 10.0. The van der Waals surface area contributed by atoms with Crippen molar-refractivity contribution in [2.45, 2.75) is 25.4 Å². The zero-order valence-electron chi connectivity index (χ0n) is 10.0. The van der Waals surface area contributed by atoms with E-state index in [1.54, 1.807) is 0 Å². The number of rotatable bonds is 3. The van der Waals surface area contributed by atoms with Gasteiger partial charge in [0, 0.05) is 24.4 Å². The van der Waals surface area contributed by atoms with E-state index in [0.717, 1.165) is 25.3 Å². The van der Waals surface area contributed by atoms with Crippen LogP contribution in [0.3, 0.4) is 0 Å². The molecule has 3 nitrogen and oxygen atoms in total. The predicted molar refractivity (Wildman–Crippen MR) is 66.3 cm³/mol. The van der Waals surface area contributed by atoms with Crippen LogP contribution < -0.4 is 5.73 Å². The summed E-state index contributed by atoms with van der Waals surface area (Å²) < 4.78 is 5.42. The summed E-state index contributed by atoms with van der Waals surface area (Å²) in [6, 6.07) is 9.05. The van der Waals surface area contributed by atoms with Crippen molar-refractivity contribution in [3.63, 3.8) is 0 Å². The van der Waals surface area contributed by atoms with Gasteiger partial charge in [-0.3, -0.25) is 4.90 Å². The molecule has 3 heteroatoms. The first kappa shape index (κ1) is 11.4. The maximum absolute atomic E-state index is 5.81. The SMILES string of the molecule is CC(c1cccc(N)c1)N(C)C1CCOC1. The van der Waals surface area contributed by atoms with Gasteiger partial charge in [0.05, 0.1) is 6.61 Å². The van der Waals surface area contributed by atoms with Crippen LogP contribution in [0.1, 0.15) is 24.9 Å². The molecule has 1 aromatic rings. The summed E-state index contributed by atoms with van der Waals surface area (Å²) in [4.78, 5) is 2.38. The largest absolute Gasteiger partial charge is 0.399 e. The Balaban J connectivity index is 2.08. The average Bonchev–Trinajstić information content (AvgIpc) is 2.80. The predicted octanol–water partition coefficient (Wildman–Crippen LogP) is 2.05. The fourth-order valence-corrected chi connectivity index (χ4v) is 2.21. The molecule has 0 bridgehead atoms. The molecule has 1 aromatic carbocycles. The summed E-state index contributed by atoms with van der Waals surface area (Å²) in [5.41, 5.74) is 7.91. The van der Waals surface area contributed by atoms with Crippen LogP contribution >= 0.6 is 0 Å². The van der Waals surface area contributed by atoms with Gasteiger partial charge in [-0.25, -0.2) is 0 Å². The molecule has 1 heterocycles. The van der Waals surface area contributed by atoms with Crippen LogP contribution in [-0.2, 0) is 4.74 Å². The lowest BCUT2D eigenvalue weighted by Gasteiger charge is -2.30. The van der Waals surface area contributed by atoms with Crippen LogP contribution in [0.4, 0.5) is 5.69 Å². The Hall–Kier alpha value is -1.06. The van der Waals surface area contributed by atoms with Crippen LogP contribution in [-0.4, -0.2) is 31.2 Å². The van der Waals surface area contributed by atoms with Crippen LogP contribution in [0.15, 0.2) is 24.3 Å². The van der Waals surface area contributed by atoms with E-state index in [1.807, 2.05) is 12.1 Å². The third kappa shape index (κ3) is 2.36. The number of ether oxygens (including phenoxy) is 1. The third-order valence-electron chi connectivity index (χ3n) is 3.49. The van der Waals surface area contributed by atoms with Crippen LogP contribution in [0.25, 0.3) is 0 Å². The summed E-state index contributed by atoms with van der Waals surface area (Å²) >= 11 is 0. The molecule has 0 aliphatic carbocycles. The Morgan fingerprint density at radius 3 is 2.94 bits per heavy atom. The van der Waals surface area contributed by atoms with E-state index in [0.29, 0.717) is 12.1 Å². The second-order valence-electron chi connectivity index (χ2n) is 4.53. The molecular formula is C13H20N2O. The number of anilines is 1. The molecule has 16 heavy (non-hydrogen) atoms. The van der Waals surface area contributed by atoms with Crippen molar-refractivity contribution in [1.29, 1.82) is 0 Å². The topological polar surface area (TPSA) is 38.5 Å².